The second kappa shape index (κ2) is 8.39. The Morgan fingerprint density at radius 1 is 1.07 bits per heavy atom. The molecule has 1 aliphatic carbocycles. The maximum atomic E-state index is 13.3. The van der Waals surface area contributed by atoms with Gasteiger partial charge in [0.15, 0.2) is 0 Å². The molecule has 0 spiro atoms. The van der Waals surface area contributed by atoms with Gasteiger partial charge in [0.05, 0.1) is 11.8 Å². The Balaban J connectivity index is 1.70. The first-order valence-corrected chi connectivity index (χ1v) is 10.1. The van der Waals surface area contributed by atoms with Gasteiger partial charge in [-0.3, -0.25) is 9.79 Å². The van der Waals surface area contributed by atoms with Crippen LogP contribution in [0.3, 0.4) is 0 Å². The van der Waals surface area contributed by atoms with Crippen molar-refractivity contribution in [2.75, 3.05) is 0 Å². The van der Waals surface area contributed by atoms with Gasteiger partial charge in [-0.2, -0.15) is 0 Å². The molecule has 0 radical (unpaired) electrons. The number of nitrogens with one attached hydrogen (secondary N) is 1. The molecular formula is C25H26N2O. The summed E-state index contributed by atoms with van der Waals surface area (Å²) in [6.07, 6.45) is 7.15. The zero-order valence-electron chi connectivity index (χ0n) is 16.3. The number of aliphatic imine (C=N–C) groups is 1. The van der Waals surface area contributed by atoms with E-state index in [9.17, 15) is 4.79 Å². The predicted octanol–water partition coefficient (Wildman–Crippen LogP) is 4.85. The summed E-state index contributed by atoms with van der Waals surface area (Å²) in [7, 11) is 0. The molecule has 2 aromatic carbocycles. The highest BCUT2D eigenvalue weighted by Gasteiger charge is 2.36. The van der Waals surface area contributed by atoms with Crippen LogP contribution < -0.4 is 5.32 Å². The molecule has 2 unspecified atom stereocenters. The van der Waals surface area contributed by atoms with Gasteiger partial charge in [-0.25, -0.2) is 0 Å². The molecule has 0 fully saturated rings. The van der Waals surface area contributed by atoms with Crippen LogP contribution in [0.2, 0.25) is 0 Å². The maximum absolute atomic E-state index is 13.3. The van der Waals surface area contributed by atoms with Crippen LogP contribution in [-0.4, -0.2) is 17.7 Å². The molecule has 0 saturated heterocycles. The van der Waals surface area contributed by atoms with Gasteiger partial charge in [0.25, 0.3) is 0 Å². The first-order valence-electron chi connectivity index (χ1n) is 10.1. The van der Waals surface area contributed by atoms with E-state index in [1.165, 1.54) is 0 Å². The number of hydrogen-bond acceptors (Lipinski definition) is 2. The molecule has 3 heteroatoms. The second-order valence-electron chi connectivity index (χ2n) is 7.36. The number of carbonyl (C=O) groups excluding carboxylic acids is 1. The molecule has 1 amide bonds. The standard InChI is InChI=1S/C25H26N2O/c1-2-20-23(25(28)26-17-18-11-5-3-6-12-18)21-15-9-10-16-22(21)27-24(20)19-13-7-4-8-14-19/h3-8,10-14,16,21-22H,2,9,15,17H2,1H3,(H,26,28). The fourth-order valence-electron chi connectivity index (χ4n) is 4.22. The highest BCUT2D eigenvalue weighted by atomic mass is 16.1. The quantitative estimate of drug-likeness (QED) is 0.751. The molecule has 3 nitrogen and oxygen atoms in total. The largest absolute Gasteiger partial charge is 0.348 e. The van der Waals surface area contributed by atoms with Gasteiger partial charge in [0.1, 0.15) is 0 Å². The number of amides is 1. The van der Waals surface area contributed by atoms with Gasteiger partial charge in [-0.1, -0.05) is 79.7 Å². The molecule has 1 heterocycles. The van der Waals surface area contributed by atoms with Crippen molar-refractivity contribution in [3.05, 3.63) is 95.1 Å². The average molecular weight is 370 g/mol. The summed E-state index contributed by atoms with van der Waals surface area (Å²) in [4.78, 5) is 18.4. The average Bonchev–Trinajstić information content (AvgIpc) is 2.77. The predicted molar refractivity (Wildman–Crippen MR) is 114 cm³/mol. The minimum absolute atomic E-state index is 0.0503. The molecule has 142 valence electrons. The van der Waals surface area contributed by atoms with Crippen molar-refractivity contribution >= 4 is 11.6 Å². The molecule has 2 aromatic rings. The molecule has 0 saturated carbocycles. The summed E-state index contributed by atoms with van der Waals surface area (Å²) in [5.41, 5.74) is 5.20. The number of fused-ring (bicyclic) bond motifs is 1. The smallest absolute Gasteiger partial charge is 0.248 e. The van der Waals surface area contributed by atoms with Crippen LogP contribution in [0.5, 0.6) is 0 Å². The number of carbonyl (C=O) groups is 1. The summed E-state index contributed by atoms with van der Waals surface area (Å²) in [6, 6.07) is 20.4. The summed E-state index contributed by atoms with van der Waals surface area (Å²) in [5, 5.41) is 3.16. The molecule has 1 N–H and O–H groups in total. The van der Waals surface area contributed by atoms with E-state index in [2.05, 4.69) is 36.5 Å². The van der Waals surface area contributed by atoms with Gasteiger partial charge in [0.2, 0.25) is 5.91 Å². The van der Waals surface area contributed by atoms with E-state index in [1.54, 1.807) is 0 Å². The highest BCUT2D eigenvalue weighted by Crippen LogP contribution is 2.37. The Hall–Kier alpha value is -2.94. The summed E-state index contributed by atoms with van der Waals surface area (Å²) in [5.74, 6) is 0.220. The van der Waals surface area contributed by atoms with Crippen LogP contribution in [0.15, 0.2) is 89.0 Å². The fourth-order valence-corrected chi connectivity index (χ4v) is 4.22. The van der Waals surface area contributed by atoms with Crippen LogP contribution in [0.1, 0.15) is 37.3 Å². The molecule has 0 bridgehead atoms. The van der Waals surface area contributed by atoms with Crippen LogP contribution in [0, 0.1) is 5.92 Å². The Morgan fingerprint density at radius 2 is 1.79 bits per heavy atom. The molecule has 1 aliphatic heterocycles. The lowest BCUT2D eigenvalue weighted by Gasteiger charge is -2.34. The molecule has 28 heavy (non-hydrogen) atoms. The van der Waals surface area contributed by atoms with Crippen molar-refractivity contribution in [1.29, 1.82) is 0 Å². The van der Waals surface area contributed by atoms with Gasteiger partial charge >= 0.3 is 0 Å². The Morgan fingerprint density at radius 3 is 2.50 bits per heavy atom. The van der Waals surface area contributed by atoms with E-state index >= 15 is 0 Å². The third-order valence-corrected chi connectivity index (χ3v) is 5.59. The van der Waals surface area contributed by atoms with E-state index in [0.29, 0.717) is 6.54 Å². The topological polar surface area (TPSA) is 41.5 Å². The Bertz CT molecular complexity index is 926. The van der Waals surface area contributed by atoms with Crippen LogP contribution in [0.25, 0.3) is 0 Å². The lowest BCUT2D eigenvalue weighted by molar-refractivity contribution is -0.118. The number of hydrogen-bond donors (Lipinski definition) is 1. The molecule has 4 rings (SSSR count). The second-order valence-corrected chi connectivity index (χ2v) is 7.36. The van der Waals surface area contributed by atoms with Crippen molar-refractivity contribution in [3.8, 4) is 0 Å². The van der Waals surface area contributed by atoms with Crippen LogP contribution in [0.4, 0.5) is 0 Å². The first kappa shape index (κ1) is 18.4. The maximum Gasteiger partial charge on any atom is 0.248 e. The summed E-state index contributed by atoms with van der Waals surface area (Å²) in [6.45, 7) is 2.67. The van der Waals surface area contributed by atoms with E-state index in [4.69, 9.17) is 4.99 Å². The fraction of sp³-hybridized carbons (Fsp3) is 0.280. The molecule has 2 atom stereocenters. The number of rotatable bonds is 5. The van der Waals surface area contributed by atoms with Gasteiger partial charge < -0.3 is 5.32 Å². The summed E-state index contributed by atoms with van der Waals surface area (Å²) >= 11 is 0. The monoisotopic (exact) mass is 370 g/mol. The minimum atomic E-state index is 0.0503. The number of benzene rings is 2. The van der Waals surface area contributed by atoms with Gasteiger partial charge in [0, 0.05) is 18.0 Å². The lowest BCUT2D eigenvalue weighted by Crippen LogP contribution is -2.38. The van der Waals surface area contributed by atoms with Gasteiger partial charge in [-0.15, -0.1) is 0 Å². The van der Waals surface area contributed by atoms with Crippen LogP contribution >= 0.6 is 0 Å². The van der Waals surface area contributed by atoms with Crippen molar-refractivity contribution in [3.63, 3.8) is 0 Å². The van der Waals surface area contributed by atoms with Crippen molar-refractivity contribution in [2.24, 2.45) is 10.9 Å². The number of allylic oxidation sites excluding steroid dienone is 2. The summed E-state index contributed by atoms with van der Waals surface area (Å²) < 4.78 is 0. The molecular weight excluding hydrogens is 344 g/mol. The molecule has 2 aliphatic rings. The third-order valence-electron chi connectivity index (χ3n) is 5.59. The number of dihydropyridines is 1. The SMILES string of the molecule is CCC1=C(C(=O)NCc2ccccc2)C2CCC=CC2N=C1c1ccccc1. The Kier molecular flexibility index (Phi) is 5.52. The minimum Gasteiger partial charge on any atom is -0.348 e. The van der Waals surface area contributed by atoms with Crippen molar-refractivity contribution < 1.29 is 4.79 Å². The lowest BCUT2D eigenvalue weighted by atomic mass is 9.76. The zero-order valence-corrected chi connectivity index (χ0v) is 16.3. The van der Waals surface area contributed by atoms with E-state index in [0.717, 1.165) is 47.2 Å². The van der Waals surface area contributed by atoms with E-state index < -0.39 is 0 Å². The van der Waals surface area contributed by atoms with E-state index in [1.807, 2.05) is 48.5 Å². The van der Waals surface area contributed by atoms with Crippen LogP contribution in [-0.2, 0) is 11.3 Å². The van der Waals surface area contributed by atoms with Gasteiger partial charge in [-0.05, 0) is 36.0 Å². The first-order chi connectivity index (χ1) is 13.8. The van der Waals surface area contributed by atoms with E-state index in [-0.39, 0.29) is 17.9 Å². The number of nitrogens with zero attached hydrogens (tertiary/aromatic N) is 1. The van der Waals surface area contributed by atoms with Crippen molar-refractivity contribution in [2.45, 2.75) is 38.8 Å². The van der Waals surface area contributed by atoms with Crippen molar-refractivity contribution in [1.82, 2.24) is 5.32 Å². The zero-order chi connectivity index (χ0) is 19.3. The normalized spacial score (nSPS) is 21.1. The molecule has 0 aromatic heterocycles. The highest BCUT2D eigenvalue weighted by molar-refractivity contribution is 6.17. The Labute approximate surface area is 166 Å². The third kappa shape index (κ3) is 3.70.